The van der Waals surface area contributed by atoms with E-state index in [9.17, 15) is 57.0 Å². The van der Waals surface area contributed by atoms with Crippen LogP contribution >= 0.6 is 61.3 Å². The molecule has 0 aliphatic rings. The predicted octanol–water partition coefficient (Wildman–Crippen LogP) is 21.1. The second-order valence-corrected chi connectivity index (χ2v) is 32.0. The zero-order valence-electron chi connectivity index (χ0n) is 66.2. The highest BCUT2D eigenvalue weighted by Crippen LogP contribution is 2.44. The SMILES string of the molecule is Nc1ccc(Oc2ccnc3cc(-c4ccncc4)sc23)c(F)c1.O=C(CC(=O)Nc1ccc(Oc2ccnc3cc(-c4ccncc4)sc23)c(F)c1)Nc1ccccc1.O=C(O)CC(=O)Nc1ccccc1.O=[N+]([O-])c1ccc(Oc2ccnc3cc(-c4ccncc4)sc23)c(F)c1.O=[N+]([O-])c1ccc(Oc2ccnc3cc(Br)sc23)c(F)c1.OB(O)c1ccncc1. The number of nitro benzene ring substituents is 2. The van der Waals surface area contributed by atoms with E-state index in [1.807, 2.05) is 72.8 Å². The number of para-hydroxylation sites is 2. The fourth-order valence-electron chi connectivity index (χ4n) is 11.5. The van der Waals surface area contributed by atoms with Gasteiger partial charge in [-0.1, -0.05) is 36.4 Å². The Morgan fingerprint density at radius 1 is 0.380 bits per heavy atom. The minimum absolute atomic E-state index is 0.00109. The minimum atomic E-state index is -1.38. The summed E-state index contributed by atoms with van der Waals surface area (Å²) in [6, 6.07) is 61.5. The van der Waals surface area contributed by atoms with Crippen LogP contribution < -0.4 is 46.1 Å². The molecule has 0 fully saturated rings. The molecule has 0 aliphatic carbocycles. The van der Waals surface area contributed by atoms with Crippen molar-refractivity contribution in [1.82, 2.24) is 39.9 Å². The van der Waals surface area contributed by atoms with Crippen molar-refractivity contribution in [3.05, 3.63) is 352 Å². The average Bonchev–Trinajstić information content (AvgIpc) is 1.67. The number of carboxylic acid groups (broad SMARTS) is 1. The van der Waals surface area contributed by atoms with Crippen LogP contribution in [0.2, 0.25) is 0 Å². The summed E-state index contributed by atoms with van der Waals surface area (Å²) in [6.07, 6.45) is 18.8. The number of aromatic nitrogens is 8. The summed E-state index contributed by atoms with van der Waals surface area (Å²) in [5.41, 5.74) is 13.2. The molecule has 8 N–H and O–H groups in total. The Labute approximate surface area is 752 Å². The van der Waals surface area contributed by atoms with Crippen molar-refractivity contribution in [3.63, 3.8) is 0 Å². The van der Waals surface area contributed by atoms with Gasteiger partial charge in [0.15, 0.2) is 46.3 Å². The molecule has 0 radical (unpaired) electrons. The Balaban J connectivity index is 0.000000138. The van der Waals surface area contributed by atoms with Gasteiger partial charge in [0.1, 0.15) is 35.8 Å². The zero-order valence-corrected chi connectivity index (χ0v) is 71.0. The molecule has 644 valence electrons. The van der Waals surface area contributed by atoms with E-state index < -0.39 is 76.8 Å². The lowest BCUT2D eigenvalue weighted by molar-refractivity contribution is -0.385. The number of amides is 3. The number of ether oxygens (including phenoxy) is 4. The number of halogens is 5. The van der Waals surface area contributed by atoms with Crippen LogP contribution in [-0.2, 0) is 19.2 Å². The van der Waals surface area contributed by atoms with Crippen molar-refractivity contribution >= 4 is 173 Å². The molecule has 12 aromatic heterocycles. The molecule has 18 rings (SSSR count). The van der Waals surface area contributed by atoms with Crippen LogP contribution in [0.25, 0.3) is 72.2 Å². The Bertz CT molecular complexity index is 7020. The summed E-state index contributed by atoms with van der Waals surface area (Å²) < 4.78 is 83.6. The molecule has 3 amide bonds. The maximum atomic E-state index is 14.8. The van der Waals surface area contributed by atoms with E-state index in [1.165, 1.54) is 94.9 Å². The molecule has 129 heavy (non-hydrogen) atoms. The van der Waals surface area contributed by atoms with Crippen molar-refractivity contribution in [2.45, 2.75) is 12.8 Å². The van der Waals surface area contributed by atoms with Gasteiger partial charge in [0.05, 0.1) is 66.6 Å². The molecule has 6 aromatic carbocycles. The lowest BCUT2D eigenvalue weighted by Gasteiger charge is -2.10. The molecule has 18 aromatic rings. The summed E-state index contributed by atoms with van der Waals surface area (Å²) in [5, 5.41) is 54.3. The minimum Gasteiger partial charge on any atom is -0.481 e. The number of carbonyl (C=O) groups excluding carboxylic acids is 3. The number of nitro groups is 2. The highest BCUT2D eigenvalue weighted by molar-refractivity contribution is 9.11. The zero-order chi connectivity index (χ0) is 90.9. The van der Waals surface area contributed by atoms with Gasteiger partial charge in [-0.2, -0.15) is 0 Å². The molecule has 0 saturated heterocycles. The maximum absolute atomic E-state index is 14.8. The van der Waals surface area contributed by atoms with Crippen molar-refractivity contribution in [3.8, 4) is 77.3 Å². The molecule has 12 heterocycles. The number of anilines is 4. The number of thiophene rings is 4. The number of nitrogens with two attached hydrogens (primary N) is 1. The first-order valence-corrected chi connectivity index (χ1v) is 41.8. The van der Waals surface area contributed by atoms with Crippen molar-refractivity contribution in [2.24, 2.45) is 0 Å². The summed E-state index contributed by atoms with van der Waals surface area (Å²) in [7, 11) is -1.38. The molecule has 0 atom stereocenters. The number of rotatable bonds is 21. The topological polar surface area (TPSA) is 417 Å². The first-order valence-electron chi connectivity index (χ1n) is 37.7. The molecule has 0 unspecified atom stereocenters. The molecule has 0 aliphatic heterocycles. The highest BCUT2D eigenvalue weighted by Gasteiger charge is 2.22. The van der Waals surface area contributed by atoms with Crippen molar-refractivity contribution < 1.29 is 80.7 Å². The number of aliphatic carboxylic acids is 1. The van der Waals surface area contributed by atoms with E-state index in [0.29, 0.717) is 45.5 Å². The van der Waals surface area contributed by atoms with E-state index in [4.69, 9.17) is 39.8 Å². The van der Waals surface area contributed by atoms with Gasteiger partial charge in [-0.15, -0.1) is 45.3 Å². The molecule has 29 nitrogen and oxygen atoms in total. The first kappa shape index (κ1) is 90.9. The lowest BCUT2D eigenvalue weighted by Crippen LogP contribution is -2.29. The lowest BCUT2D eigenvalue weighted by atomic mass is 9.81. The average molecular weight is 1870 g/mol. The Morgan fingerprint density at radius 2 is 0.705 bits per heavy atom. The third kappa shape index (κ3) is 25.3. The van der Waals surface area contributed by atoms with Gasteiger partial charge in [-0.05, 0) is 172 Å². The molecule has 0 spiro atoms. The fraction of sp³-hybridized carbons (Fsp3) is 0.0222. The summed E-state index contributed by atoms with van der Waals surface area (Å²) >= 11 is 9.26. The largest absolute Gasteiger partial charge is 0.488 e. The Kier molecular flexibility index (Phi) is 30.8. The summed E-state index contributed by atoms with van der Waals surface area (Å²) in [4.78, 5) is 101. The molecule has 0 saturated carbocycles. The van der Waals surface area contributed by atoms with Gasteiger partial charge in [-0.25, -0.2) is 17.6 Å². The number of nitrogen functional groups attached to an aromatic ring is 1. The number of carboxylic acids is 1. The van der Waals surface area contributed by atoms with E-state index >= 15 is 0 Å². The molecular formula is C90H62BBrF4N14O15S4. The van der Waals surface area contributed by atoms with E-state index in [2.05, 4.69) is 71.8 Å². The van der Waals surface area contributed by atoms with Crippen LogP contribution in [0.4, 0.5) is 51.7 Å². The number of benzene rings is 6. The third-order valence-electron chi connectivity index (χ3n) is 17.4. The van der Waals surface area contributed by atoms with E-state index in [0.717, 1.165) is 94.2 Å². The number of hydrogen-bond acceptors (Lipinski definition) is 27. The Morgan fingerprint density at radius 3 is 1.05 bits per heavy atom. The highest BCUT2D eigenvalue weighted by atomic mass is 79.9. The maximum Gasteiger partial charge on any atom is 0.488 e. The number of nitrogens with zero attached hydrogens (tertiary/aromatic N) is 10. The Hall–Kier alpha value is -15.8. The quantitative estimate of drug-likeness (QED) is 0.00877. The van der Waals surface area contributed by atoms with Crippen LogP contribution in [-0.4, -0.2) is 95.7 Å². The first-order chi connectivity index (χ1) is 62.4. The van der Waals surface area contributed by atoms with Crippen LogP contribution in [0, 0.1) is 43.5 Å². The van der Waals surface area contributed by atoms with Crippen LogP contribution in [0.1, 0.15) is 12.8 Å². The standard InChI is InChI=1S/C27H19FN4O3S.C18H10FN3O3S.C18H12FN3OS.C13H6BrFN2O3S.C9H9NO3.C5H6BNO2/c28-20-14-19(32-26(34)16-25(33)31-18-4-2-1-3-5-18)6-7-22(20)35-23-10-13-30-21-15-24(36-27(21)23)17-8-11-29-12-9-17;19-13-9-12(22(23)24)1-2-15(13)25-16-5-8-21-14-10-17(26-18(14)16)11-3-6-20-7-4-11;19-13-9-12(20)1-2-15(13)23-16-5-8-22-14-10-17(24-18(14)16)11-3-6-21-7-4-11;14-12-6-9-13(21-12)11(3-4-16-9)20-10-2-1-7(17(18)19)5-8(10)15;11-8(6-9(12)13)10-7-4-2-1-3-5-7;8-6(9)5-1-3-7-4-2-5/h1-15H,16H2,(H,31,33)(H,32,34);1-10H;1-10H,20H2;1-6H;1-5H,6H2,(H,10,11)(H,12,13);1-4,8-9H. The second-order valence-electron chi connectivity index (χ2n) is 26.4. The predicted molar refractivity (Wildman–Crippen MR) is 489 cm³/mol. The smallest absolute Gasteiger partial charge is 0.481 e. The van der Waals surface area contributed by atoms with Crippen LogP contribution in [0.15, 0.2) is 309 Å². The summed E-state index contributed by atoms with van der Waals surface area (Å²) in [6.45, 7) is 0. The molecular weight excluding hydrogens is 1810 g/mol. The van der Waals surface area contributed by atoms with Crippen molar-refractivity contribution in [2.75, 3.05) is 21.7 Å². The fourth-order valence-corrected chi connectivity index (χ4v) is 16.2. The van der Waals surface area contributed by atoms with E-state index in [1.54, 1.807) is 164 Å². The van der Waals surface area contributed by atoms with Crippen LogP contribution in [0.5, 0.6) is 46.0 Å². The van der Waals surface area contributed by atoms with Gasteiger partial charge in [-0.3, -0.25) is 79.3 Å². The van der Waals surface area contributed by atoms with Gasteiger partial charge in [0, 0.05) is 160 Å². The third-order valence-corrected chi connectivity index (χ3v) is 22.6. The number of nitrogens with one attached hydrogen (secondary N) is 3. The molecule has 39 heteroatoms. The number of hydrogen-bond donors (Lipinski definition) is 7. The number of fused-ring (bicyclic) bond motifs is 4. The monoisotopic (exact) mass is 1870 g/mol. The normalized spacial score (nSPS) is 10.5. The second kappa shape index (κ2) is 43.7. The molecule has 0 bridgehead atoms. The van der Waals surface area contributed by atoms with Gasteiger partial charge >= 0.3 is 13.1 Å². The van der Waals surface area contributed by atoms with E-state index in [-0.39, 0.29) is 40.1 Å². The van der Waals surface area contributed by atoms with Crippen molar-refractivity contribution in [1.29, 1.82) is 0 Å². The van der Waals surface area contributed by atoms with Gasteiger partial charge < -0.3 is 55.8 Å². The summed E-state index contributed by atoms with van der Waals surface area (Å²) in [5.74, 6) is -3.51. The van der Waals surface area contributed by atoms with Gasteiger partial charge in [0.25, 0.3) is 11.4 Å². The van der Waals surface area contributed by atoms with Gasteiger partial charge in [0.2, 0.25) is 17.7 Å². The number of pyridine rings is 8. The number of carbonyl (C=O) groups is 4. The van der Waals surface area contributed by atoms with Crippen LogP contribution in [0.3, 0.4) is 0 Å². The number of non-ortho nitro benzene ring substituents is 2.